The van der Waals surface area contributed by atoms with E-state index in [-0.39, 0.29) is 12.3 Å². The van der Waals surface area contributed by atoms with Gasteiger partial charge in [0.05, 0.1) is 19.0 Å². The molecule has 3 N–H and O–H groups in total. The molecule has 0 saturated heterocycles. The maximum absolute atomic E-state index is 10.9. The number of fused-ring (bicyclic) bond motifs is 1. The normalized spacial score (nSPS) is 12.6. The molecule has 1 unspecified atom stereocenters. The van der Waals surface area contributed by atoms with Crippen LogP contribution in [0.5, 0.6) is 5.75 Å². The highest BCUT2D eigenvalue weighted by Gasteiger charge is 2.18. The summed E-state index contributed by atoms with van der Waals surface area (Å²) >= 11 is 0. The van der Waals surface area contributed by atoms with Crippen LogP contribution in [0.4, 0.5) is 0 Å². The first-order valence-electron chi connectivity index (χ1n) is 6.12. The second-order valence-electron chi connectivity index (χ2n) is 4.58. The minimum atomic E-state index is -0.835. The summed E-state index contributed by atoms with van der Waals surface area (Å²) in [5.74, 6) is -0.234. The van der Waals surface area contributed by atoms with Crippen LogP contribution in [-0.4, -0.2) is 29.3 Å². The molecule has 0 aliphatic carbocycles. The molecular formula is C14H18N2O3. The number of aromatic nitrogens is 1. The van der Waals surface area contributed by atoms with E-state index < -0.39 is 5.97 Å². The lowest BCUT2D eigenvalue weighted by molar-refractivity contribution is -0.137. The minimum absolute atomic E-state index is 0.0395. The fraction of sp³-hybridized carbons (Fsp3) is 0.357. The first-order valence-corrected chi connectivity index (χ1v) is 6.12. The number of ether oxygens (including phenoxy) is 1. The van der Waals surface area contributed by atoms with Gasteiger partial charge in [0.2, 0.25) is 0 Å². The number of carbonyl (C=O) groups is 1. The maximum atomic E-state index is 10.9. The van der Waals surface area contributed by atoms with E-state index in [0.29, 0.717) is 6.54 Å². The molecule has 102 valence electrons. The molecule has 5 nitrogen and oxygen atoms in total. The SMILES string of the molecule is COc1ccc2cc(C(CN)CC(=O)O)n(C)c2c1. The van der Waals surface area contributed by atoms with Gasteiger partial charge in [-0.25, -0.2) is 0 Å². The smallest absolute Gasteiger partial charge is 0.304 e. The van der Waals surface area contributed by atoms with Crippen LogP contribution in [0, 0.1) is 0 Å². The van der Waals surface area contributed by atoms with Crippen molar-refractivity contribution in [2.45, 2.75) is 12.3 Å². The Bertz CT molecular complexity index is 604. The van der Waals surface area contributed by atoms with Crippen LogP contribution in [0.25, 0.3) is 10.9 Å². The van der Waals surface area contributed by atoms with Gasteiger partial charge in [-0.05, 0) is 18.2 Å². The van der Waals surface area contributed by atoms with Crippen LogP contribution in [0.2, 0.25) is 0 Å². The number of aliphatic carboxylic acids is 1. The Balaban J connectivity index is 2.48. The van der Waals surface area contributed by atoms with Gasteiger partial charge in [0.15, 0.2) is 0 Å². The zero-order chi connectivity index (χ0) is 14.0. The van der Waals surface area contributed by atoms with Gasteiger partial charge >= 0.3 is 5.97 Å². The second-order valence-corrected chi connectivity index (χ2v) is 4.58. The molecule has 1 atom stereocenters. The summed E-state index contributed by atoms with van der Waals surface area (Å²) < 4.78 is 7.19. The van der Waals surface area contributed by atoms with Gasteiger partial charge in [0, 0.05) is 36.7 Å². The summed E-state index contributed by atoms with van der Waals surface area (Å²) in [6, 6.07) is 7.79. The third-order valence-electron chi connectivity index (χ3n) is 3.41. The van der Waals surface area contributed by atoms with Crippen LogP contribution >= 0.6 is 0 Å². The minimum Gasteiger partial charge on any atom is -0.497 e. The number of hydrogen-bond acceptors (Lipinski definition) is 3. The number of carboxylic acids is 1. The van der Waals surface area contributed by atoms with Gasteiger partial charge in [-0.1, -0.05) is 0 Å². The first kappa shape index (κ1) is 13.4. The van der Waals surface area contributed by atoms with Crippen LogP contribution in [0.15, 0.2) is 24.3 Å². The number of carboxylic acid groups (broad SMARTS) is 1. The highest BCUT2D eigenvalue weighted by Crippen LogP contribution is 2.28. The third kappa shape index (κ3) is 2.56. The van der Waals surface area contributed by atoms with Crippen LogP contribution in [-0.2, 0) is 11.8 Å². The summed E-state index contributed by atoms with van der Waals surface area (Å²) in [4.78, 5) is 10.9. The molecule has 0 amide bonds. The largest absolute Gasteiger partial charge is 0.497 e. The molecule has 0 fully saturated rings. The summed E-state index contributed by atoms with van der Waals surface area (Å²) in [6.45, 7) is 0.313. The Morgan fingerprint density at radius 3 is 2.79 bits per heavy atom. The van der Waals surface area contributed by atoms with Crippen LogP contribution in [0.3, 0.4) is 0 Å². The quantitative estimate of drug-likeness (QED) is 0.859. The van der Waals surface area contributed by atoms with Crippen LogP contribution in [0.1, 0.15) is 18.0 Å². The topological polar surface area (TPSA) is 77.5 Å². The van der Waals surface area contributed by atoms with E-state index in [0.717, 1.165) is 22.3 Å². The molecule has 19 heavy (non-hydrogen) atoms. The van der Waals surface area contributed by atoms with Gasteiger partial charge in [0.1, 0.15) is 5.75 Å². The van der Waals surface area contributed by atoms with Crippen molar-refractivity contribution >= 4 is 16.9 Å². The molecule has 0 saturated carbocycles. The first-order chi connectivity index (χ1) is 9.06. The van der Waals surface area contributed by atoms with Crippen molar-refractivity contribution in [1.29, 1.82) is 0 Å². The Kier molecular flexibility index (Phi) is 3.76. The molecule has 0 aliphatic heterocycles. The number of aryl methyl sites for hydroxylation is 1. The molecule has 1 heterocycles. The highest BCUT2D eigenvalue weighted by atomic mass is 16.5. The summed E-state index contributed by atoms with van der Waals surface area (Å²) in [5.41, 5.74) is 7.65. The van der Waals surface area contributed by atoms with Crippen molar-refractivity contribution < 1.29 is 14.6 Å². The van der Waals surface area contributed by atoms with Gasteiger partial charge in [-0.2, -0.15) is 0 Å². The molecule has 0 aliphatic rings. The fourth-order valence-corrected chi connectivity index (χ4v) is 2.37. The lowest BCUT2D eigenvalue weighted by atomic mass is 10.0. The molecule has 0 spiro atoms. The summed E-state index contributed by atoms with van der Waals surface area (Å²) in [5, 5.41) is 10.00. The van der Waals surface area contributed by atoms with Gasteiger partial charge in [-0.3, -0.25) is 4.79 Å². The fourth-order valence-electron chi connectivity index (χ4n) is 2.37. The summed E-state index contributed by atoms with van der Waals surface area (Å²) in [7, 11) is 3.54. The third-order valence-corrected chi connectivity index (χ3v) is 3.41. The predicted octanol–water partition coefficient (Wildman–Crippen LogP) is 1.70. The van der Waals surface area contributed by atoms with Crippen molar-refractivity contribution in [2.24, 2.45) is 12.8 Å². The van der Waals surface area contributed by atoms with Crippen molar-refractivity contribution in [3.8, 4) is 5.75 Å². The van der Waals surface area contributed by atoms with Crippen molar-refractivity contribution in [1.82, 2.24) is 4.57 Å². The predicted molar refractivity (Wildman–Crippen MR) is 73.5 cm³/mol. The van der Waals surface area contributed by atoms with E-state index in [1.54, 1.807) is 7.11 Å². The van der Waals surface area contributed by atoms with E-state index in [9.17, 15) is 4.79 Å². The molecule has 2 rings (SSSR count). The molecular weight excluding hydrogens is 244 g/mol. The van der Waals surface area contributed by atoms with Gasteiger partial charge < -0.3 is 20.1 Å². The van der Waals surface area contributed by atoms with E-state index >= 15 is 0 Å². The van der Waals surface area contributed by atoms with Crippen molar-refractivity contribution in [3.05, 3.63) is 30.0 Å². The van der Waals surface area contributed by atoms with Crippen molar-refractivity contribution in [2.75, 3.05) is 13.7 Å². The monoisotopic (exact) mass is 262 g/mol. The molecule has 1 aromatic heterocycles. The standard InChI is InChI=1S/C14H18N2O3/c1-16-12(10(8-15)6-14(17)18)5-9-3-4-11(19-2)7-13(9)16/h3-5,7,10H,6,8,15H2,1-2H3,(H,17,18). The maximum Gasteiger partial charge on any atom is 0.304 e. The summed E-state index contributed by atoms with van der Waals surface area (Å²) in [6.07, 6.45) is 0.0395. The van der Waals surface area contributed by atoms with E-state index in [1.807, 2.05) is 35.9 Å². The number of rotatable bonds is 5. The Morgan fingerprint density at radius 1 is 1.47 bits per heavy atom. The number of benzene rings is 1. The number of nitrogens with two attached hydrogens (primary N) is 1. The lowest BCUT2D eigenvalue weighted by Crippen LogP contribution is -2.18. The van der Waals surface area contributed by atoms with Crippen molar-refractivity contribution in [3.63, 3.8) is 0 Å². The average molecular weight is 262 g/mol. The number of nitrogens with zero attached hydrogens (tertiary/aromatic N) is 1. The molecule has 0 radical (unpaired) electrons. The Morgan fingerprint density at radius 2 is 2.21 bits per heavy atom. The molecule has 5 heteroatoms. The van der Waals surface area contributed by atoms with E-state index in [2.05, 4.69) is 0 Å². The van der Waals surface area contributed by atoms with Gasteiger partial charge in [-0.15, -0.1) is 0 Å². The molecule has 1 aromatic carbocycles. The van der Waals surface area contributed by atoms with E-state index in [1.165, 1.54) is 0 Å². The second kappa shape index (κ2) is 5.32. The zero-order valence-corrected chi connectivity index (χ0v) is 11.1. The van der Waals surface area contributed by atoms with Gasteiger partial charge in [0.25, 0.3) is 0 Å². The molecule has 2 aromatic rings. The lowest BCUT2D eigenvalue weighted by Gasteiger charge is -2.13. The molecule has 0 bridgehead atoms. The van der Waals surface area contributed by atoms with E-state index in [4.69, 9.17) is 15.6 Å². The number of hydrogen-bond donors (Lipinski definition) is 2. The average Bonchev–Trinajstić information content (AvgIpc) is 2.72. The highest BCUT2D eigenvalue weighted by molar-refractivity contribution is 5.83. The Labute approximate surface area is 111 Å². The Hall–Kier alpha value is -2.01. The zero-order valence-electron chi connectivity index (χ0n) is 11.1. The number of methoxy groups -OCH3 is 1. The van der Waals surface area contributed by atoms with Crippen LogP contribution < -0.4 is 10.5 Å².